The van der Waals surface area contributed by atoms with E-state index in [2.05, 4.69) is 10.1 Å². The fraction of sp³-hybridized carbons (Fsp3) is 0. The van der Waals surface area contributed by atoms with Gasteiger partial charge in [-0.15, -0.1) is 5.10 Å². The van der Waals surface area contributed by atoms with Gasteiger partial charge >= 0.3 is 0 Å². The molecule has 0 radical (unpaired) electrons. The number of aromatic hydroxyl groups is 1. The van der Waals surface area contributed by atoms with Crippen molar-refractivity contribution in [2.45, 2.75) is 0 Å². The van der Waals surface area contributed by atoms with Crippen LogP contribution in [0.5, 0.6) is 5.88 Å². The summed E-state index contributed by atoms with van der Waals surface area (Å²) in [5.74, 6) is -0.00120. The molecule has 0 aliphatic heterocycles. The Balaban J connectivity index is 0.000000605. The molecule has 58 valence electrons. The van der Waals surface area contributed by atoms with Crippen molar-refractivity contribution in [3.63, 3.8) is 0 Å². The third kappa shape index (κ3) is 1.13. The molecule has 0 atom stereocenters. The second-order valence-electron chi connectivity index (χ2n) is 1.92. The van der Waals surface area contributed by atoms with Gasteiger partial charge in [0.25, 0.3) is 0 Å². The van der Waals surface area contributed by atoms with Gasteiger partial charge in [-0.25, -0.2) is 9.50 Å². The highest BCUT2D eigenvalue weighted by molar-refractivity contribution is 5.39. The zero-order chi connectivity index (χ0) is 6.97. The molecule has 0 spiro atoms. The maximum Gasteiger partial charge on any atom is 0.233 e. The van der Waals surface area contributed by atoms with Gasteiger partial charge in [0.15, 0.2) is 5.65 Å². The molecule has 0 bridgehead atoms. The minimum absolute atomic E-state index is 0. The molecule has 0 saturated carbocycles. The van der Waals surface area contributed by atoms with Gasteiger partial charge in [-0.1, -0.05) is 0 Å². The normalized spacial score (nSPS) is 9.45. The van der Waals surface area contributed by atoms with E-state index in [1.54, 1.807) is 18.5 Å². The van der Waals surface area contributed by atoms with Crippen LogP contribution in [0.15, 0.2) is 24.5 Å². The first-order chi connectivity index (χ1) is 4.86. The van der Waals surface area contributed by atoms with Crippen molar-refractivity contribution in [1.82, 2.24) is 20.7 Å². The fourth-order valence-corrected chi connectivity index (χ4v) is 0.818. The minimum Gasteiger partial charge on any atom is -0.492 e. The van der Waals surface area contributed by atoms with Crippen molar-refractivity contribution in [3.8, 4) is 5.88 Å². The Morgan fingerprint density at radius 3 is 3.00 bits per heavy atom. The van der Waals surface area contributed by atoms with Crippen molar-refractivity contribution in [3.05, 3.63) is 24.5 Å². The second-order valence-corrected chi connectivity index (χ2v) is 1.92. The van der Waals surface area contributed by atoms with E-state index in [1.165, 1.54) is 10.6 Å². The van der Waals surface area contributed by atoms with E-state index in [4.69, 9.17) is 5.11 Å². The molecule has 0 aliphatic rings. The molecule has 0 saturated heterocycles. The number of hydrogen-bond acceptors (Lipinski definition) is 4. The Morgan fingerprint density at radius 1 is 1.45 bits per heavy atom. The van der Waals surface area contributed by atoms with Gasteiger partial charge in [-0.05, 0) is 6.07 Å². The average molecular weight is 152 g/mol. The standard InChI is InChI=1S/C6H5N3O.H3N/c10-6-4-5-7-2-1-3-9(5)8-6;/h1-4H,(H,8,10);1H3. The lowest BCUT2D eigenvalue weighted by Crippen LogP contribution is -1.85. The van der Waals surface area contributed by atoms with Crippen LogP contribution in [0.4, 0.5) is 0 Å². The van der Waals surface area contributed by atoms with Crippen molar-refractivity contribution in [2.24, 2.45) is 0 Å². The molecule has 5 heteroatoms. The molecular formula is C6H8N4O. The second kappa shape index (κ2) is 2.55. The summed E-state index contributed by atoms with van der Waals surface area (Å²) in [6.45, 7) is 0. The lowest BCUT2D eigenvalue weighted by Gasteiger charge is -1.85. The van der Waals surface area contributed by atoms with E-state index >= 15 is 0 Å². The maximum atomic E-state index is 8.88. The van der Waals surface area contributed by atoms with Crippen molar-refractivity contribution in [1.29, 1.82) is 0 Å². The summed E-state index contributed by atoms with van der Waals surface area (Å²) in [5.41, 5.74) is 0.653. The molecule has 11 heavy (non-hydrogen) atoms. The van der Waals surface area contributed by atoms with Crippen LogP contribution < -0.4 is 6.15 Å². The largest absolute Gasteiger partial charge is 0.492 e. The first-order valence-corrected chi connectivity index (χ1v) is 2.85. The number of hydrogen-bond donors (Lipinski definition) is 2. The van der Waals surface area contributed by atoms with Gasteiger partial charge in [0.05, 0.1) is 0 Å². The molecular weight excluding hydrogens is 144 g/mol. The third-order valence-electron chi connectivity index (χ3n) is 1.22. The molecule has 5 nitrogen and oxygen atoms in total. The molecule has 4 N–H and O–H groups in total. The topological polar surface area (TPSA) is 85.4 Å². The van der Waals surface area contributed by atoms with E-state index in [0.717, 1.165) is 0 Å². The molecule has 2 rings (SSSR count). The maximum absolute atomic E-state index is 8.88. The molecule has 2 aromatic heterocycles. The Kier molecular flexibility index (Phi) is 1.74. The molecule has 0 aliphatic carbocycles. The minimum atomic E-state index is -0.00120. The predicted molar refractivity (Wildman–Crippen MR) is 39.7 cm³/mol. The van der Waals surface area contributed by atoms with Crippen LogP contribution in [0.25, 0.3) is 5.65 Å². The SMILES string of the molecule is N.Oc1cc2ncccn2n1. The average Bonchev–Trinajstić information content (AvgIpc) is 2.27. The predicted octanol–water partition coefficient (Wildman–Crippen LogP) is 0.597. The van der Waals surface area contributed by atoms with E-state index in [9.17, 15) is 0 Å². The van der Waals surface area contributed by atoms with Gasteiger partial charge in [-0.3, -0.25) is 0 Å². The zero-order valence-electron chi connectivity index (χ0n) is 5.81. The van der Waals surface area contributed by atoms with Crippen molar-refractivity contribution >= 4 is 5.65 Å². The Bertz CT molecular complexity index is 323. The van der Waals surface area contributed by atoms with Gasteiger partial charge < -0.3 is 11.3 Å². The quantitative estimate of drug-likeness (QED) is 0.578. The van der Waals surface area contributed by atoms with Crippen molar-refractivity contribution in [2.75, 3.05) is 0 Å². The summed E-state index contributed by atoms with van der Waals surface area (Å²) in [7, 11) is 0. The summed E-state index contributed by atoms with van der Waals surface area (Å²) in [6, 6.07) is 3.25. The molecule has 0 aromatic carbocycles. The van der Waals surface area contributed by atoms with E-state index in [1.807, 2.05) is 0 Å². The van der Waals surface area contributed by atoms with Crippen LogP contribution in [0.2, 0.25) is 0 Å². The molecule has 0 amide bonds. The Morgan fingerprint density at radius 2 is 2.27 bits per heavy atom. The fourth-order valence-electron chi connectivity index (χ4n) is 0.818. The van der Waals surface area contributed by atoms with E-state index < -0.39 is 0 Å². The van der Waals surface area contributed by atoms with Gasteiger partial charge in [0.1, 0.15) is 0 Å². The van der Waals surface area contributed by atoms with Gasteiger partial charge in [0, 0.05) is 18.5 Å². The Hall–Kier alpha value is -1.62. The number of fused-ring (bicyclic) bond motifs is 1. The highest BCUT2D eigenvalue weighted by atomic mass is 16.3. The summed E-state index contributed by atoms with van der Waals surface area (Å²) in [4.78, 5) is 3.94. The van der Waals surface area contributed by atoms with Crippen LogP contribution in [-0.4, -0.2) is 19.7 Å². The summed E-state index contributed by atoms with van der Waals surface area (Å²) in [6.07, 6.45) is 3.37. The van der Waals surface area contributed by atoms with Crippen LogP contribution in [0.1, 0.15) is 0 Å². The number of nitrogens with zero attached hydrogens (tertiary/aromatic N) is 3. The van der Waals surface area contributed by atoms with Crippen molar-refractivity contribution < 1.29 is 5.11 Å². The summed E-state index contributed by atoms with van der Waals surface area (Å²) < 4.78 is 1.51. The summed E-state index contributed by atoms with van der Waals surface area (Å²) in [5, 5.41) is 12.6. The highest BCUT2D eigenvalue weighted by Crippen LogP contribution is 2.06. The van der Waals surface area contributed by atoms with Gasteiger partial charge in [0.2, 0.25) is 5.88 Å². The zero-order valence-corrected chi connectivity index (χ0v) is 5.81. The molecule has 0 fully saturated rings. The third-order valence-corrected chi connectivity index (χ3v) is 1.22. The Labute approximate surface area is 62.9 Å². The van der Waals surface area contributed by atoms with Crippen LogP contribution in [-0.2, 0) is 0 Å². The summed E-state index contributed by atoms with van der Waals surface area (Å²) >= 11 is 0. The molecule has 2 heterocycles. The molecule has 0 unspecified atom stereocenters. The van der Waals surface area contributed by atoms with E-state index in [0.29, 0.717) is 5.65 Å². The van der Waals surface area contributed by atoms with Crippen LogP contribution >= 0.6 is 0 Å². The monoisotopic (exact) mass is 152 g/mol. The smallest absolute Gasteiger partial charge is 0.233 e. The number of aromatic nitrogens is 3. The van der Waals surface area contributed by atoms with E-state index in [-0.39, 0.29) is 12.0 Å². The van der Waals surface area contributed by atoms with Crippen LogP contribution in [0, 0.1) is 0 Å². The first-order valence-electron chi connectivity index (χ1n) is 2.85. The first kappa shape index (κ1) is 7.49. The lowest BCUT2D eigenvalue weighted by molar-refractivity contribution is 0.449. The highest BCUT2D eigenvalue weighted by Gasteiger charge is 1.96. The number of rotatable bonds is 0. The lowest BCUT2D eigenvalue weighted by atomic mass is 10.6. The molecule has 2 aromatic rings. The van der Waals surface area contributed by atoms with Crippen LogP contribution in [0.3, 0.4) is 0 Å². The van der Waals surface area contributed by atoms with Gasteiger partial charge in [-0.2, -0.15) is 0 Å².